The van der Waals surface area contributed by atoms with Crippen LogP contribution in [0.2, 0.25) is 5.02 Å². The van der Waals surface area contributed by atoms with E-state index in [0.717, 1.165) is 0 Å². The lowest BCUT2D eigenvalue weighted by Gasteiger charge is -2.12. The lowest BCUT2D eigenvalue weighted by Crippen LogP contribution is -2.14. The average molecular weight is 316 g/mol. The third kappa shape index (κ3) is 1.96. The van der Waals surface area contributed by atoms with Crippen LogP contribution in [0.15, 0.2) is 4.47 Å². The Labute approximate surface area is 103 Å². The van der Waals surface area contributed by atoms with E-state index in [9.17, 15) is 18.3 Å². The van der Waals surface area contributed by atoms with Gasteiger partial charge in [-0.2, -0.15) is 0 Å². The molecule has 1 N–H and O–H groups in total. The van der Waals surface area contributed by atoms with Crippen LogP contribution in [-0.2, 0) is 6.42 Å². The molecule has 1 aromatic carbocycles. The highest BCUT2D eigenvalue weighted by molar-refractivity contribution is 9.10. The Bertz CT molecular complexity index is 431. The minimum absolute atomic E-state index is 0.168. The van der Waals surface area contributed by atoms with Gasteiger partial charge in [0.1, 0.15) is 0 Å². The van der Waals surface area contributed by atoms with E-state index in [1.165, 1.54) is 0 Å². The second-order valence-electron chi connectivity index (χ2n) is 3.95. The van der Waals surface area contributed by atoms with Gasteiger partial charge in [-0.3, -0.25) is 0 Å². The van der Waals surface area contributed by atoms with E-state index in [2.05, 4.69) is 15.9 Å². The fraction of sp³-hybridized carbons (Fsp3) is 0.400. The second kappa shape index (κ2) is 3.89. The predicted octanol–water partition coefficient (Wildman–Crippen LogP) is 3.59. The van der Waals surface area contributed by atoms with E-state index in [-0.39, 0.29) is 12.0 Å². The number of aliphatic hydroxyl groups is 1. The van der Waals surface area contributed by atoms with E-state index < -0.39 is 32.5 Å². The molecule has 1 saturated carbocycles. The predicted molar refractivity (Wildman–Crippen MR) is 56.9 cm³/mol. The van der Waals surface area contributed by atoms with Gasteiger partial charge in [0.15, 0.2) is 17.5 Å². The zero-order valence-electron chi connectivity index (χ0n) is 7.96. The Kier molecular flexibility index (Phi) is 2.97. The summed E-state index contributed by atoms with van der Waals surface area (Å²) in [6.45, 7) is 0. The summed E-state index contributed by atoms with van der Waals surface area (Å²) in [5, 5.41) is 9.12. The summed E-state index contributed by atoms with van der Waals surface area (Å²) < 4.78 is 39.5. The molecule has 0 amide bonds. The van der Waals surface area contributed by atoms with Crippen LogP contribution in [0.4, 0.5) is 13.2 Å². The van der Waals surface area contributed by atoms with Crippen LogP contribution in [0.5, 0.6) is 0 Å². The topological polar surface area (TPSA) is 20.2 Å². The zero-order chi connectivity index (χ0) is 12.1. The van der Waals surface area contributed by atoms with Crippen molar-refractivity contribution >= 4 is 27.5 Å². The molecule has 1 aliphatic rings. The molecule has 1 fully saturated rings. The molecular weight excluding hydrogens is 308 g/mol. The zero-order valence-corrected chi connectivity index (χ0v) is 10.3. The molecule has 0 spiro atoms. The van der Waals surface area contributed by atoms with Gasteiger partial charge in [-0.25, -0.2) is 13.2 Å². The summed E-state index contributed by atoms with van der Waals surface area (Å²) >= 11 is 8.16. The molecule has 0 bridgehead atoms. The summed E-state index contributed by atoms with van der Waals surface area (Å²) in [7, 11) is 0. The van der Waals surface area contributed by atoms with E-state index >= 15 is 0 Å². The molecule has 2 rings (SSSR count). The van der Waals surface area contributed by atoms with Gasteiger partial charge in [-0.05, 0) is 28.8 Å². The van der Waals surface area contributed by atoms with E-state index in [4.69, 9.17) is 11.6 Å². The summed E-state index contributed by atoms with van der Waals surface area (Å²) in [5.41, 5.74) is -1.36. The van der Waals surface area contributed by atoms with Crippen LogP contribution >= 0.6 is 27.5 Å². The molecule has 6 heteroatoms. The van der Waals surface area contributed by atoms with Crippen molar-refractivity contribution in [3.8, 4) is 0 Å². The molecular formula is C10H7BrClF3O. The normalized spacial score (nSPS) is 17.6. The van der Waals surface area contributed by atoms with Crippen LogP contribution in [0.1, 0.15) is 18.4 Å². The SMILES string of the molecule is OC1(Cc2c(F)c(F)c(Br)c(F)c2Cl)CC1. The minimum Gasteiger partial charge on any atom is -0.390 e. The summed E-state index contributed by atoms with van der Waals surface area (Å²) in [4.78, 5) is 0. The van der Waals surface area contributed by atoms with Crippen molar-refractivity contribution in [1.29, 1.82) is 0 Å². The van der Waals surface area contributed by atoms with Crippen molar-refractivity contribution in [2.45, 2.75) is 24.9 Å². The molecule has 1 aliphatic carbocycles. The second-order valence-corrected chi connectivity index (χ2v) is 5.12. The van der Waals surface area contributed by atoms with Crippen LogP contribution in [0.25, 0.3) is 0 Å². The summed E-state index contributed by atoms with van der Waals surface area (Å²) in [6, 6.07) is 0. The van der Waals surface area contributed by atoms with Crippen molar-refractivity contribution in [3.63, 3.8) is 0 Å². The Balaban J connectivity index is 2.51. The third-order valence-electron chi connectivity index (χ3n) is 2.63. The number of hydrogen-bond acceptors (Lipinski definition) is 1. The largest absolute Gasteiger partial charge is 0.390 e. The van der Waals surface area contributed by atoms with E-state index in [1.807, 2.05) is 0 Å². The van der Waals surface area contributed by atoms with Gasteiger partial charge in [0.2, 0.25) is 0 Å². The number of rotatable bonds is 2. The lowest BCUT2D eigenvalue weighted by atomic mass is 10.1. The molecule has 0 aromatic heterocycles. The Morgan fingerprint density at radius 3 is 2.25 bits per heavy atom. The smallest absolute Gasteiger partial charge is 0.176 e. The van der Waals surface area contributed by atoms with Gasteiger partial charge in [0.05, 0.1) is 15.1 Å². The molecule has 1 aromatic rings. The molecule has 0 atom stereocenters. The van der Waals surface area contributed by atoms with Crippen LogP contribution < -0.4 is 0 Å². The Hall–Kier alpha value is -0.260. The molecule has 0 saturated heterocycles. The molecule has 0 heterocycles. The number of hydrogen-bond donors (Lipinski definition) is 1. The Morgan fingerprint density at radius 1 is 1.19 bits per heavy atom. The van der Waals surface area contributed by atoms with E-state index in [0.29, 0.717) is 12.8 Å². The Morgan fingerprint density at radius 2 is 1.75 bits per heavy atom. The third-order valence-corrected chi connectivity index (χ3v) is 3.72. The summed E-state index contributed by atoms with van der Waals surface area (Å²) in [5.74, 6) is -3.57. The summed E-state index contributed by atoms with van der Waals surface area (Å²) in [6.07, 6.45) is 0.808. The molecule has 88 valence electrons. The maximum Gasteiger partial charge on any atom is 0.176 e. The molecule has 0 radical (unpaired) electrons. The maximum absolute atomic E-state index is 13.5. The first-order valence-electron chi connectivity index (χ1n) is 4.58. The van der Waals surface area contributed by atoms with Crippen molar-refractivity contribution in [3.05, 3.63) is 32.5 Å². The van der Waals surface area contributed by atoms with Crippen LogP contribution in [0.3, 0.4) is 0 Å². The van der Waals surface area contributed by atoms with Crippen molar-refractivity contribution in [1.82, 2.24) is 0 Å². The van der Waals surface area contributed by atoms with Crippen molar-refractivity contribution < 1.29 is 18.3 Å². The fourth-order valence-electron chi connectivity index (χ4n) is 1.46. The highest BCUT2D eigenvalue weighted by Crippen LogP contribution is 2.42. The van der Waals surface area contributed by atoms with E-state index in [1.54, 1.807) is 0 Å². The van der Waals surface area contributed by atoms with Gasteiger partial charge in [0, 0.05) is 12.0 Å². The van der Waals surface area contributed by atoms with Crippen LogP contribution in [0, 0.1) is 17.5 Å². The van der Waals surface area contributed by atoms with Crippen molar-refractivity contribution in [2.75, 3.05) is 0 Å². The van der Waals surface area contributed by atoms with Gasteiger partial charge in [-0.15, -0.1) is 0 Å². The number of benzene rings is 1. The number of halogens is 5. The quantitative estimate of drug-likeness (QED) is 0.653. The molecule has 1 nitrogen and oxygen atoms in total. The molecule has 0 unspecified atom stereocenters. The molecule has 16 heavy (non-hydrogen) atoms. The standard InChI is InChI=1S/C10H7BrClF3O/c11-5-8(14)6(12)4(7(13)9(5)15)3-10(16)1-2-10/h16H,1-3H2. The minimum atomic E-state index is -1.32. The van der Waals surface area contributed by atoms with Crippen LogP contribution in [-0.4, -0.2) is 10.7 Å². The lowest BCUT2D eigenvalue weighted by molar-refractivity contribution is 0.149. The van der Waals surface area contributed by atoms with Gasteiger partial charge >= 0.3 is 0 Å². The van der Waals surface area contributed by atoms with Gasteiger partial charge in [-0.1, -0.05) is 11.6 Å². The fourth-order valence-corrected chi connectivity index (χ4v) is 2.19. The monoisotopic (exact) mass is 314 g/mol. The van der Waals surface area contributed by atoms with Gasteiger partial charge in [0.25, 0.3) is 0 Å². The first-order valence-corrected chi connectivity index (χ1v) is 5.75. The first-order chi connectivity index (χ1) is 7.36. The van der Waals surface area contributed by atoms with Crippen molar-refractivity contribution in [2.24, 2.45) is 0 Å². The maximum atomic E-state index is 13.5. The first kappa shape index (κ1) is 12.2. The average Bonchev–Trinajstić information content (AvgIpc) is 2.98. The van der Waals surface area contributed by atoms with Gasteiger partial charge < -0.3 is 5.11 Å². The highest BCUT2D eigenvalue weighted by Gasteiger charge is 2.42. The highest BCUT2D eigenvalue weighted by atomic mass is 79.9. The molecule has 0 aliphatic heterocycles.